The summed E-state index contributed by atoms with van der Waals surface area (Å²) in [6.07, 6.45) is 8.88. The van der Waals surface area contributed by atoms with Gasteiger partial charge in [-0.15, -0.1) is 0 Å². The van der Waals surface area contributed by atoms with E-state index in [-0.39, 0.29) is 18.8 Å². The number of aryl methyl sites for hydroxylation is 1. The molecule has 10 nitrogen and oxygen atoms in total. The fourth-order valence-corrected chi connectivity index (χ4v) is 5.08. The normalized spacial score (nSPS) is 13.3. The second-order valence-electron chi connectivity index (χ2n) is 11.1. The van der Waals surface area contributed by atoms with Crippen LogP contribution in [0.25, 0.3) is 5.57 Å². The highest BCUT2D eigenvalue weighted by Gasteiger charge is 2.22. The van der Waals surface area contributed by atoms with Crippen LogP contribution in [0.15, 0.2) is 116 Å². The van der Waals surface area contributed by atoms with Crippen LogP contribution in [0.5, 0.6) is 0 Å². The van der Waals surface area contributed by atoms with E-state index in [0.717, 1.165) is 33.8 Å². The number of benzene rings is 3. The summed E-state index contributed by atoms with van der Waals surface area (Å²) in [5, 5.41) is 6.27. The minimum Gasteiger partial charge on any atom is -0.422 e. The van der Waals surface area contributed by atoms with Crippen molar-refractivity contribution >= 4 is 40.6 Å². The molecule has 5 rings (SSSR count). The number of piperazine rings is 1. The number of amides is 2. The van der Waals surface area contributed by atoms with Crippen LogP contribution >= 0.6 is 0 Å². The number of allylic oxidation sites excluding steroid dienone is 5. The molecule has 1 aromatic heterocycles. The van der Waals surface area contributed by atoms with Gasteiger partial charge in [0.1, 0.15) is 0 Å². The van der Waals surface area contributed by atoms with Gasteiger partial charge in [0.05, 0.1) is 12.3 Å². The predicted octanol–water partition coefficient (Wildman–Crippen LogP) is 7.36. The average Bonchev–Trinajstić information content (AvgIpc) is 3.12. The number of anilines is 4. The second kappa shape index (κ2) is 16.7. The highest BCUT2D eigenvalue weighted by atomic mass is 16.7. The van der Waals surface area contributed by atoms with E-state index in [4.69, 9.17) is 9.47 Å². The number of aromatic nitrogens is 2. The Balaban J connectivity index is 1.12. The summed E-state index contributed by atoms with van der Waals surface area (Å²) in [4.78, 5) is 38.5. The Bertz CT molecular complexity index is 1760. The minimum absolute atomic E-state index is 0.0911. The Morgan fingerprint density at radius 3 is 2.48 bits per heavy atom. The van der Waals surface area contributed by atoms with Crippen molar-refractivity contribution in [3.8, 4) is 0 Å². The minimum atomic E-state index is -0.385. The maximum atomic E-state index is 13.1. The van der Waals surface area contributed by atoms with Crippen molar-refractivity contribution in [3.05, 3.63) is 138 Å². The first kappa shape index (κ1) is 33.6. The third kappa shape index (κ3) is 9.17. The third-order valence-corrected chi connectivity index (χ3v) is 7.79. The van der Waals surface area contributed by atoms with E-state index in [1.165, 1.54) is 0 Å². The summed E-state index contributed by atoms with van der Waals surface area (Å²) in [5.41, 5.74) is 6.56. The van der Waals surface area contributed by atoms with Gasteiger partial charge in [-0.3, -0.25) is 4.79 Å². The first-order valence-corrected chi connectivity index (χ1v) is 15.8. The molecule has 0 spiro atoms. The highest BCUT2D eigenvalue weighted by Crippen LogP contribution is 2.25. The molecule has 48 heavy (non-hydrogen) atoms. The van der Waals surface area contributed by atoms with Crippen molar-refractivity contribution in [1.29, 1.82) is 0 Å². The molecule has 0 unspecified atom stereocenters. The number of nitrogens with one attached hydrogen (secondary N) is 2. The summed E-state index contributed by atoms with van der Waals surface area (Å²) in [5.74, 6) is 0.217. The van der Waals surface area contributed by atoms with Gasteiger partial charge < -0.3 is 29.9 Å². The molecule has 2 amide bonds. The monoisotopic (exact) mass is 644 g/mol. The van der Waals surface area contributed by atoms with Crippen LogP contribution in [-0.4, -0.2) is 59.8 Å². The zero-order valence-corrected chi connectivity index (χ0v) is 27.3. The summed E-state index contributed by atoms with van der Waals surface area (Å²) in [7, 11) is 0. The highest BCUT2D eigenvalue weighted by molar-refractivity contribution is 6.04. The Morgan fingerprint density at radius 1 is 0.979 bits per heavy atom. The zero-order chi connectivity index (χ0) is 33.7. The van der Waals surface area contributed by atoms with Crippen LogP contribution in [0.2, 0.25) is 0 Å². The smallest absolute Gasteiger partial charge is 0.412 e. The first-order valence-electron chi connectivity index (χ1n) is 15.8. The maximum Gasteiger partial charge on any atom is 0.412 e. The molecule has 0 aliphatic carbocycles. The van der Waals surface area contributed by atoms with Gasteiger partial charge in [0.2, 0.25) is 5.95 Å². The van der Waals surface area contributed by atoms with E-state index in [9.17, 15) is 9.59 Å². The Morgan fingerprint density at radius 2 is 1.75 bits per heavy atom. The molecule has 1 aliphatic rings. The van der Waals surface area contributed by atoms with Crippen LogP contribution < -0.4 is 15.5 Å². The number of hydrogen-bond acceptors (Lipinski definition) is 8. The zero-order valence-electron chi connectivity index (χ0n) is 27.3. The second-order valence-corrected chi connectivity index (χ2v) is 11.1. The molecular formula is C38H40N6O4. The largest absolute Gasteiger partial charge is 0.422 e. The van der Waals surface area contributed by atoms with Crippen LogP contribution in [0.3, 0.4) is 0 Å². The van der Waals surface area contributed by atoms with Gasteiger partial charge in [-0.2, -0.15) is 0 Å². The fourth-order valence-electron chi connectivity index (χ4n) is 5.08. The Hall–Kier alpha value is -5.74. The summed E-state index contributed by atoms with van der Waals surface area (Å²) in [6, 6.07) is 24.7. The Labute approximate surface area is 281 Å². The topological polar surface area (TPSA) is 109 Å². The molecule has 1 saturated heterocycles. The summed E-state index contributed by atoms with van der Waals surface area (Å²) >= 11 is 0. The van der Waals surface area contributed by atoms with E-state index in [2.05, 4.69) is 32.1 Å². The lowest BCUT2D eigenvalue weighted by molar-refractivity contribution is -0.0356. The number of ether oxygens (including phenoxy) is 2. The SMILES string of the molecule is C=C/C(=C\C=C/C)c1ccnc(Nc2cc(NC(=O)c3ccc(N4CCN(C(=O)OCOCc5ccccc5)CC4)cc3)ccc2C)n1. The number of hydrogen-bond donors (Lipinski definition) is 2. The number of carbonyl (C=O) groups excluding carboxylic acids is 2. The van der Waals surface area contributed by atoms with Gasteiger partial charge in [0.25, 0.3) is 5.91 Å². The molecule has 2 heterocycles. The predicted molar refractivity (Wildman–Crippen MR) is 190 cm³/mol. The van der Waals surface area contributed by atoms with Crippen LogP contribution in [0, 0.1) is 6.92 Å². The average molecular weight is 645 g/mol. The number of nitrogens with zero attached hydrogens (tertiary/aromatic N) is 4. The molecule has 0 atom stereocenters. The van der Waals surface area contributed by atoms with Crippen molar-refractivity contribution in [2.24, 2.45) is 0 Å². The van der Waals surface area contributed by atoms with Gasteiger partial charge >= 0.3 is 6.09 Å². The molecule has 0 saturated carbocycles. The van der Waals surface area contributed by atoms with Gasteiger partial charge in [0, 0.05) is 55.0 Å². The van der Waals surface area contributed by atoms with E-state index in [0.29, 0.717) is 50.0 Å². The first-order chi connectivity index (χ1) is 23.4. The van der Waals surface area contributed by atoms with Crippen LogP contribution in [0.1, 0.15) is 34.1 Å². The van der Waals surface area contributed by atoms with E-state index >= 15 is 0 Å². The lowest BCUT2D eigenvalue weighted by Crippen LogP contribution is -2.49. The molecule has 3 aromatic carbocycles. The third-order valence-electron chi connectivity index (χ3n) is 7.79. The molecule has 2 N–H and O–H groups in total. The van der Waals surface area contributed by atoms with Crippen LogP contribution in [-0.2, 0) is 16.1 Å². The Kier molecular flexibility index (Phi) is 11.7. The molecule has 10 heteroatoms. The van der Waals surface area contributed by atoms with Crippen molar-refractivity contribution in [2.45, 2.75) is 20.5 Å². The molecule has 0 radical (unpaired) electrons. The number of rotatable bonds is 12. The molecule has 1 aliphatic heterocycles. The lowest BCUT2D eigenvalue weighted by atomic mass is 10.1. The quantitative estimate of drug-likeness (QED) is 0.0936. The maximum absolute atomic E-state index is 13.1. The molecule has 1 fully saturated rings. The molecule has 0 bridgehead atoms. The van der Waals surface area contributed by atoms with Gasteiger partial charge in [-0.05, 0) is 73.0 Å². The van der Waals surface area contributed by atoms with Gasteiger partial charge in [0.15, 0.2) is 6.79 Å². The van der Waals surface area contributed by atoms with E-state index in [1.807, 2.05) is 98.8 Å². The van der Waals surface area contributed by atoms with Gasteiger partial charge in [-0.25, -0.2) is 14.8 Å². The van der Waals surface area contributed by atoms with Crippen molar-refractivity contribution in [1.82, 2.24) is 14.9 Å². The van der Waals surface area contributed by atoms with Crippen molar-refractivity contribution in [2.75, 3.05) is 48.5 Å². The van der Waals surface area contributed by atoms with Crippen molar-refractivity contribution in [3.63, 3.8) is 0 Å². The van der Waals surface area contributed by atoms with Gasteiger partial charge in [-0.1, -0.05) is 67.3 Å². The van der Waals surface area contributed by atoms with E-state index in [1.54, 1.807) is 29.3 Å². The molecule has 4 aromatic rings. The van der Waals surface area contributed by atoms with Crippen LogP contribution in [0.4, 0.5) is 27.8 Å². The van der Waals surface area contributed by atoms with Crippen molar-refractivity contribution < 1.29 is 19.1 Å². The van der Waals surface area contributed by atoms with E-state index < -0.39 is 0 Å². The fraction of sp³-hybridized carbons (Fsp3) is 0.211. The summed E-state index contributed by atoms with van der Waals surface area (Å²) < 4.78 is 10.8. The lowest BCUT2D eigenvalue weighted by Gasteiger charge is -2.35. The molecular weight excluding hydrogens is 604 g/mol. The number of carbonyl (C=O) groups is 2. The molecule has 246 valence electrons. The standard InChI is InChI=1S/C38H40N6O4/c1-4-6-12-30(5-2)34-19-20-39-37(41-34)42-35-25-32(16-13-28(35)3)40-36(45)31-14-17-33(18-15-31)43-21-23-44(24-22-43)38(46)48-27-47-26-29-10-8-7-9-11-29/h4-20,25H,2,21-24,26-27H2,1,3H3,(H,40,45)(H,39,41,42)/b6-4-,30-12+. The summed E-state index contributed by atoms with van der Waals surface area (Å²) in [6.45, 7) is 10.5.